The normalized spacial score (nSPS) is 37.1. The second-order valence-corrected chi connectivity index (χ2v) is 15.3. The van der Waals surface area contributed by atoms with E-state index in [1.165, 1.54) is 83.5 Å². The number of Topliss-reactive ketones (excluding diaryl/α,β-unsaturated/α-hetero) is 1. The average Bonchev–Trinajstić information content (AvgIpc) is 3.24. The van der Waals surface area contributed by atoms with E-state index in [0.29, 0.717) is 28.9 Å². The fraction of sp³-hybridized carbons (Fsp3) is 0.944. The summed E-state index contributed by atoms with van der Waals surface area (Å²) >= 11 is 0. The Hall–Kier alpha value is -0.900. The van der Waals surface area contributed by atoms with Crippen LogP contribution in [0.4, 0.5) is 0 Å². The Bertz CT molecular complexity index is 827. The van der Waals surface area contributed by atoms with Crippen molar-refractivity contribution >= 4 is 11.7 Å². The summed E-state index contributed by atoms with van der Waals surface area (Å²) in [6.07, 6.45) is 24.4. The molecule has 0 aromatic carbocycles. The molecule has 4 aliphatic rings. The number of aliphatic hydroxyl groups excluding tert-OH is 1. The minimum atomic E-state index is -0.106. The van der Waals surface area contributed by atoms with E-state index in [9.17, 15) is 14.7 Å². The lowest BCUT2D eigenvalue weighted by Gasteiger charge is -2.62. The van der Waals surface area contributed by atoms with Crippen LogP contribution in [0.3, 0.4) is 0 Å². The zero-order valence-electron chi connectivity index (χ0n) is 26.7. The second kappa shape index (κ2) is 14.5. The molecule has 4 saturated carbocycles. The molecule has 0 spiro atoms. The van der Waals surface area contributed by atoms with E-state index in [2.05, 4.69) is 20.8 Å². The first kappa shape index (κ1) is 32.0. The molecule has 0 radical (unpaired) electrons. The van der Waals surface area contributed by atoms with Gasteiger partial charge in [-0.15, -0.1) is 0 Å². The van der Waals surface area contributed by atoms with Crippen LogP contribution in [0.5, 0.6) is 0 Å². The number of carbonyl (C=O) groups is 2. The van der Waals surface area contributed by atoms with Gasteiger partial charge in [0.15, 0.2) is 0 Å². The molecule has 0 aromatic heterocycles. The molecule has 230 valence electrons. The van der Waals surface area contributed by atoms with E-state index in [0.717, 1.165) is 75.7 Å². The molecule has 0 bridgehead atoms. The smallest absolute Gasteiger partial charge is 0.222 e. The summed E-state index contributed by atoms with van der Waals surface area (Å²) in [6, 6.07) is 0. The molecule has 4 aliphatic carbocycles. The largest absolute Gasteiger partial charge is 0.393 e. The monoisotopic (exact) mass is 557 g/mol. The Morgan fingerprint density at radius 3 is 2.23 bits per heavy atom. The van der Waals surface area contributed by atoms with Gasteiger partial charge in [-0.2, -0.15) is 0 Å². The Morgan fingerprint density at radius 1 is 0.875 bits per heavy atom. The van der Waals surface area contributed by atoms with Crippen molar-refractivity contribution in [2.75, 3.05) is 13.6 Å². The molecule has 40 heavy (non-hydrogen) atoms. The fourth-order valence-corrected chi connectivity index (χ4v) is 10.1. The Morgan fingerprint density at radius 2 is 1.52 bits per heavy atom. The number of ketones is 1. The summed E-state index contributed by atoms with van der Waals surface area (Å²) in [5.41, 5.74) is 0.480. The highest BCUT2D eigenvalue weighted by molar-refractivity contribution is 5.79. The van der Waals surface area contributed by atoms with Gasteiger partial charge in [-0.1, -0.05) is 85.0 Å². The second-order valence-electron chi connectivity index (χ2n) is 15.3. The lowest BCUT2D eigenvalue weighted by atomic mass is 9.42. The van der Waals surface area contributed by atoms with Crippen molar-refractivity contribution in [2.24, 2.45) is 40.4 Å². The van der Waals surface area contributed by atoms with Gasteiger partial charge >= 0.3 is 0 Å². The van der Waals surface area contributed by atoms with E-state index >= 15 is 0 Å². The molecule has 1 unspecified atom stereocenters. The first-order valence-corrected chi connectivity index (χ1v) is 17.6. The van der Waals surface area contributed by atoms with Crippen LogP contribution in [0.2, 0.25) is 0 Å². The SMILES string of the molecule is CCCCN(C)C(=O)CCCCCCCCCCC[C@@H]1CC2CC(=O)CC[C@]2(C)[C@H]2CC[C@]3(C)[C@@H](O)CC[C@H]3[C@H]12. The summed E-state index contributed by atoms with van der Waals surface area (Å²) in [5.74, 6) is 4.41. The highest BCUT2D eigenvalue weighted by Gasteiger charge is 2.62. The molecule has 0 heterocycles. The zero-order valence-corrected chi connectivity index (χ0v) is 26.7. The zero-order chi connectivity index (χ0) is 28.8. The quantitative estimate of drug-likeness (QED) is 0.205. The number of amides is 1. The number of carbonyl (C=O) groups excluding carboxylic acids is 2. The van der Waals surface area contributed by atoms with Gasteiger partial charge in [0.25, 0.3) is 0 Å². The van der Waals surface area contributed by atoms with Crippen LogP contribution in [0, 0.1) is 40.4 Å². The standard InChI is InChI=1S/C36H63NO3/c1-5-6-24-37(4)33(40)17-15-13-11-9-7-8-10-12-14-16-27-25-28-26-29(38)20-22-35(28,2)31-21-23-36(3)30(34(27)31)18-19-32(36)39/h27-28,30-32,34,39H,5-26H2,1-4H3/t27-,28?,30+,31+,32+,34+,35+,36+/m1/s1. The van der Waals surface area contributed by atoms with Gasteiger partial charge in [-0.25, -0.2) is 0 Å². The van der Waals surface area contributed by atoms with Crippen molar-refractivity contribution in [1.29, 1.82) is 0 Å². The predicted molar refractivity (Wildman–Crippen MR) is 165 cm³/mol. The molecule has 0 aliphatic heterocycles. The molecule has 0 aromatic rings. The van der Waals surface area contributed by atoms with Gasteiger partial charge in [0.1, 0.15) is 5.78 Å². The van der Waals surface area contributed by atoms with E-state index in [1.54, 1.807) is 0 Å². The first-order chi connectivity index (χ1) is 19.2. The molecule has 1 N–H and O–H groups in total. The molecule has 1 amide bonds. The maximum atomic E-state index is 12.5. The summed E-state index contributed by atoms with van der Waals surface area (Å²) < 4.78 is 0. The van der Waals surface area contributed by atoms with Crippen LogP contribution in [-0.4, -0.2) is 41.4 Å². The number of rotatable bonds is 15. The number of hydrogen-bond donors (Lipinski definition) is 1. The van der Waals surface area contributed by atoms with Gasteiger partial charge in [-0.05, 0) is 91.8 Å². The van der Waals surface area contributed by atoms with Crippen molar-refractivity contribution in [3.63, 3.8) is 0 Å². The van der Waals surface area contributed by atoms with Crippen molar-refractivity contribution in [2.45, 2.75) is 162 Å². The number of nitrogens with zero attached hydrogens (tertiary/aromatic N) is 1. The van der Waals surface area contributed by atoms with Crippen LogP contribution >= 0.6 is 0 Å². The molecule has 4 nitrogen and oxygen atoms in total. The molecule has 8 atom stereocenters. The summed E-state index contributed by atoms with van der Waals surface area (Å²) in [4.78, 5) is 26.6. The molecule has 4 rings (SSSR count). The number of unbranched alkanes of at least 4 members (excludes halogenated alkanes) is 9. The minimum absolute atomic E-state index is 0.106. The third-order valence-electron chi connectivity index (χ3n) is 12.8. The van der Waals surface area contributed by atoms with Crippen LogP contribution < -0.4 is 0 Å². The van der Waals surface area contributed by atoms with E-state index in [-0.39, 0.29) is 11.5 Å². The third kappa shape index (κ3) is 7.17. The van der Waals surface area contributed by atoms with Gasteiger partial charge in [-0.3, -0.25) is 9.59 Å². The summed E-state index contributed by atoms with van der Waals surface area (Å²) in [6.45, 7) is 8.04. The van der Waals surface area contributed by atoms with Gasteiger partial charge < -0.3 is 10.0 Å². The fourth-order valence-electron chi connectivity index (χ4n) is 10.1. The molecular formula is C36H63NO3. The van der Waals surface area contributed by atoms with Crippen LogP contribution in [0.15, 0.2) is 0 Å². The maximum Gasteiger partial charge on any atom is 0.222 e. The maximum absolute atomic E-state index is 12.5. The lowest BCUT2D eigenvalue weighted by Crippen LogP contribution is -2.57. The van der Waals surface area contributed by atoms with Gasteiger partial charge in [0.2, 0.25) is 5.91 Å². The molecular weight excluding hydrogens is 494 g/mol. The first-order valence-electron chi connectivity index (χ1n) is 17.6. The highest BCUT2D eigenvalue weighted by Crippen LogP contribution is 2.67. The van der Waals surface area contributed by atoms with Crippen LogP contribution in [0.1, 0.15) is 156 Å². The van der Waals surface area contributed by atoms with Crippen molar-refractivity contribution in [1.82, 2.24) is 4.90 Å². The van der Waals surface area contributed by atoms with Crippen molar-refractivity contribution in [3.05, 3.63) is 0 Å². The number of hydrogen-bond acceptors (Lipinski definition) is 3. The Balaban J connectivity index is 1.16. The van der Waals surface area contributed by atoms with Crippen LogP contribution in [0.25, 0.3) is 0 Å². The minimum Gasteiger partial charge on any atom is -0.393 e. The lowest BCUT2D eigenvalue weighted by molar-refractivity contribution is -0.156. The highest BCUT2D eigenvalue weighted by atomic mass is 16.3. The summed E-state index contributed by atoms with van der Waals surface area (Å²) in [7, 11) is 1.95. The number of aliphatic hydroxyl groups is 1. The van der Waals surface area contributed by atoms with Crippen molar-refractivity contribution < 1.29 is 14.7 Å². The van der Waals surface area contributed by atoms with E-state index in [1.807, 2.05) is 11.9 Å². The molecule has 0 saturated heterocycles. The van der Waals surface area contributed by atoms with E-state index in [4.69, 9.17) is 0 Å². The van der Waals surface area contributed by atoms with Crippen LogP contribution in [-0.2, 0) is 9.59 Å². The van der Waals surface area contributed by atoms with Gasteiger partial charge in [0, 0.05) is 32.9 Å². The Labute approximate surface area is 246 Å². The Kier molecular flexibility index (Phi) is 11.6. The predicted octanol–water partition coefficient (Wildman–Crippen LogP) is 8.73. The topological polar surface area (TPSA) is 57.6 Å². The molecule has 4 fully saturated rings. The average molecular weight is 558 g/mol. The molecule has 4 heteroatoms. The van der Waals surface area contributed by atoms with E-state index < -0.39 is 0 Å². The number of fused-ring (bicyclic) bond motifs is 5. The van der Waals surface area contributed by atoms with Crippen molar-refractivity contribution in [3.8, 4) is 0 Å². The third-order valence-corrected chi connectivity index (χ3v) is 12.8. The summed E-state index contributed by atoms with van der Waals surface area (Å²) in [5, 5.41) is 11.0. The van der Waals surface area contributed by atoms with Gasteiger partial charge in [0.05, 0.1) is 6.10 Å².